The second-order valence-electron chi connectivity index (χ2n) is 9.81. The second kappa shape index (κ2) is 9.91. The van der Waals surface area contributed by atoms with E-state index in [1.165, 1.54) is 17.9 Å². The fourth-order valence-electron chi connectivity index (χ4n) is 5.23. The molecule has 5 aromatic rings. The molecule has 0 saturated carbocycles. The first-order chi connectivity index (χ1) is 19.6. The number of pyridine rings is 2. The smallest absolute Gasteiger partial charge is 0.435 e. The van der Waals surface area contributed by atoms with Crippen molar-refractivity contribution in [3.05, 3.63) is 94.8 Å². The fraction of sp³-hybridized carbons (Fsp3) is 0.250. The average Bonchev–Trinajstić information content (AvgIpc) is 3.50. The number of methoxy groups -OCH3 is 1. The molecule has 5 heterocycles. The first-order valence-electron chi connectivity index (χ1n) is 12.8. The van der Waals surface area contributed by atoms with E-state index in [1.807, 2.05) is 0 Å². The molecule has 0 spiro atoms. The summed E-state index contributed by atoms with van der Waals surface area (Å²) in [6, 6.07) is 12.1. The summed E-state index contributed by atoms with van der Waals surface area (Å²) in [5, 5.41) is 16.7. The minimum Gasteiger partial charge on any atom is -0.497 e. The highest BCUT2D eigenvalue weighted by atomic mass is 19.4. The Kier molecular flexibility index (Phi) is 6.36. The van der Waals surface area contributed by atoms with Gasteiger partial charge in [0.05, 0.1) is 25.9 Å². The average molecular weight is 563 g/mol. The largest absolute Gasteiger partial charge is 0.497 e. The van der Waals surface area contributed by atoms with Crippen LogP contribution in [0.2, 0.25) is 0 Å². The van der Waals surface area contributed by atoms with Gasteiger partial charge in [0.15, 0.2) is 11.3 Å². The van der Waals surface area contributed by atoms with E-state index in [1.54, 1.807) is 71.3 Å². The highest BCUT2D eigenvalue weighted by Crippen LogP contribution is 2.40. The summed E-state index contributed by atoms with van der Waals surface area (Å²) in [5.74, 6) is 0.291. The Labute approximate surface area is 231 Å². The van der Waals surface area contributed by atoms with Crippen molar-refractivity contribution in [3.8, 4) is 16.9 Å². The van der Waals surface area contributed by atoms with Crippen molar-refractivity contribution in [1.29, 1.82) is 5.41 Å². The zero-order valence-corrected chi connectivity index (χ0v) is 22.2. The highest BCUT2D eigenvalue weighted by Gasteiger charge is 2.39. The number of carbonyl (C=O) groups excluding carboxylic acids is 1. The molecular weight excluding hydrogens is 537 g/mol. The third-order valence-corrected chi connectivity index (χ3v) is 7.09. The molecule has 0 unspecified atom stereocenters. The second-order valence-corrected chi connectivity index (χ2v) is 9.81. The summed E-state index contributed by atoms with van der Waals surface area (Å²) in [5.41, 5.74) is 1.82. The number of alkyl halides is 3. The minimum absolute atomic E-state index is 0.0765. The van der Waals surface area contributed by atoms with Crippen molar-refractivity contribution >= 4 is 11.6 Å². The van der Waals surface area contributed by atoms with Crippen LogP contribution in [0.15, 0.2) is 61.1 Å². The molecule has 0 atom stereocenters. The Morgan fingerprint density at radius 2 is 1.85 bits per heavy atom. The summed E-state index contributed by atoms with van der Waals surface area (Å²) >= 11 is 0. The quantitative estimate of drug-likeness (QED) is 0.340. The van der Waals surface area contributed by atoms with Crippen molar-refractivity contribution in [2.24, 2.45) is 7.05 Å². The van der Waals surface area contributed by atoms with E-state index in [4.69, 9.17) is 10.1 Å². The molecule has 1 aliphatic rings. The molecule has 1 aromatic carbocycles. The molecule has 0 saturated heterocycles. The van der Waals surface area contributed by atoms with Crippen LogP contribution in [0.1, 0.15) is 32.9 Å². The van der Waals surface area contributed by atoms with E-state index in [2.05, 4.69) is 15.2 Å². The van der Waals surface area contributed by atoms with Gasteiger partial charge in [0.25, 0.3) is 5.91 Å². The summed E-state index contributed by atoms with van der Waals surface area (Å²) in [4.78, 5) is 19.8. The zero-order chi connectivity index (χ0) is 28.9. The lowest BCUT2D eigenvalue weighted by Gasteiger charge is -2.30. The number of ether oxygens (including phenoxy) is 1. The standard InChI is InChI=1S/C28H25F3N8O2/c1-36-16-23(25(35-36)28(29,30)31)21-11-17(14-39-27(32)38-9-4-3-5-24(38)34-39)12-22-20(21)7-10-37(26(22)40)15-18-13-19(41-2)6-8-33-18/h3-6,8-9,11-13,16,32H,7,10,14-15H2,1-2H3. The van der Waals surface area contributed by atoms with Crippen LogP contribution in [-0.4, -0.2) is 53.4 Å². The van der Waals surface area contributed by atoms with Crippen molar-refractivity contribution in [2.75, 3.05) is 13.7 Å². The third-order valence-electron chi connectivity index (χ3n) is 7.09. The van der Waals surface area contributed by atoms with Crippen molar-refractivity contribution in [1.82, 2.24) is 33.8 Å². The van der Waals surface area contributed by atoms with Crippen molar-refractivity contribution < 1.29 is 22.7 Å². The normalized spacial score (nSPS) is 13.6. The Morgan fingerprint density at radius 3 is 2.61 bits per heavy atom. The van der Waals surface area contributed by atoms with Gasteiger partial charge in [-0.05, 0) is 53.4 Å². The first kappa shape index (κ1) is 26.3. The van der Waals surface area contributed by atoms with E-state index in [0.717, 1.165) is 4.68 Å². The molecule has 4 aromatic heterocycles. The lowest BCUT2D eigenvalue weighted by atomic mass is 9.88. The molecule has 6 rings (SSSR count). The highest BCUT2D eigenvalue weighted by molar-refractivity contribution is 5.99. The molecule has 0 radical (unpaired) electrons. The summed E-state index contributed by atoms with van der Waals surface area (Å²) in [6.07, 6.45) is 0.287. The minimum atomic E-state index is -4.69. The number of amides is 1. The van der Waals surface area contributed by atoms with Crippen LogP contribution in [0.25, 0.3) is 16.8 Å². The van der Waals surface area contributed by atoms with Crippen LogP contribution in [0.5, 0.6) is 5.75 Å². The van der Waals surface area contributed by atoms with Gasteiger partial charge >= 0.3 is 6.18 Å². The molecule has 1 amide bonds. The number of aryl methyl sites for hydroxylation is 1. The first-order valence-corrected chi connectivity index (χ1v) is 12.8. The van der Waals surface area contributed by atoms with Gasteiger partial charge < -0.3 is 9.64 Å². The van der Waals surface area contributed by atoms with Gasteiger partial charge in [-0.25, -0.2) is 4.68 Å². The maximum atomic E-state index is 14.0. The number of hydrogen-bond donors (Lipinski definition) is 1. The number of aromatic nitrogens is 6. The van der Waals surface area contributed by atoms with Crippen LogP contribution in [0, 0.1) is 5.41 Å². The molecule has 0 bridgehead atoms. The van der Waals surface area contributed by atoms with E-state index >= 15 is 0 Å². The molecule has 10 nitrogen and oxygen atoms in total. The van der Waals surface area contributed by atoms with Gasteiger partial charge in [-0.2, -0.15) is 23.4 Å². The molecular formula is C28H25F3N8O2. The van der Waals surface area contributed by atoms with Gasteiger partial charge in [0.2, 0.25) is 5.62 Å². The number of rotatable bonds is 6. The molecule has 0 aliphatic carbocycles. The van der Waals surface area contributed by atoms with E-state index < -0.39 is 11.9 Å². The predicted octanol–water partition coefficient (Wildman–Crippen LogP) is 3.68. The number of halogens is 3. The molecule has 1 aliphatic heterocycles. The number of benzene rings is 1. The van der Waals surface area contributed by atoms with E-state index in [-0.39, 0.29) is 30.2 Å². The summed E-state index contributed by atoms with van der Waals surface area (Å²) < 4.78 is 51.5. The Hall–Kier alpha value is -4.94. The maximum absolute atomic E-state index is 14.0. The molecule has 41 heavy (non-hydrogen) atoms. The summed E-state index contributed by atoms with van der Waals surface area (Å²) in [7, 11) is 2.98. The van der Waals surface area contributed by atoms with Gasteiger partial charge in [-0.3, -0.25) is 24.3 Å². The maximum Gasteiger partial charge on any atom is 0.435 e. The van der Waals surface area contributed by atoms with Crippen LogP contribution in [-0.2, 0) is 32.7 Å². The van der Waals surface area contributed by atoms with E-state index in [0.29, 0.717) is 52.3 Å². The fourth-order valence-corrected chi connectivity index (χ4v) is 5.23. The summed E-state index contributed by atoms with van der Waals surface area (Å²) in [6.45, 7) is 0.595. The topological polar surface area (TPSA) is 106 Å². The third kappa shape index (κ3) is 4.83. The number of fused-ring (bicyclic) bond motifs is 2. The van der Waals surface area contributed by atoms with Crippen molar-refractivity contribution in [3.63, 3.8) is 0 Å². The van der Waals surface area contributed by atoms with Gasteiger partial charge in [0, 0.05) is 49.4 Å². The molecule has 13 heteroatoms. The molecule has 0 fully saturated rings. The lowest BCUT2D eigenvalue weighted by molar-refractivity contribution is -0.140. The Bertz CT molecular complexity index is 1850. The Balaban J connectivity index is 1.46. The monoisotopic (exact) mass is 562 g/mol. The van der Waals surface area contributed by atoms with Gasteiger partial charge in [-0.15, -0.1) is 0 Å². The number of nitrogens with one attached hydrogen (secondary N) is 1. The Morgan fingerprint density at radius 1 is 1.05 bits per heavy atom. The van der Waals surface area contributed by atoms with E-state index in [9.17, 15) is 18.0 Å². The molecule has 1 N–H and O–H groups in total. The van der Waals surface area contributed by atoms with Crippen LogP contribution < -0.4 is 10.4 Å². The number of hydrogen-bond acceptors (Lipinski definition) is 6. The SMILES string of the molecule is COc1ccnc(CN2CCc3c(cc(Cn4nc5ccccn5c4=N)cc3-c3cn(C)nc3C(F)(F)F)C2=O)c1. The number of carbonyl (C=O) groups is 1. The van der Waals surface area contributed by atoms with Crippen LogP contribution >= 0.6 is 0 Å². The predicted molar refractivity (Wildman–Crippen MR) is 141 cm³/mol. The lowest BCUT2D eigenvalue weighted by Crippen LogP contribution is -2.37. The zero-order valence-electron chi connectivity index (χ0n) is 22.2. The van der Waals surface area contributed by atoms with Crippen LogP contribution in [0.4, 0.5) is 13.2 Å². The van der Waals surface area contributed by atoms with Gasteiger partial charge in [0.1, 0.15) is 5.75 Å². The van der Waals surface area contributed by atoms with Crippen molar-refractivity contribution in [2.45, 2.75) is 25.7 Å². The molecule has 210 valence electrons. The van der Waals surface area contributed by atoms with Gasteiger partial charge in [-0.1, -0.05) is 6.07 Å². The van der Waals surface area contributed by atoms with Crippen LogP contribution in [0.3, 0.4) is 0 Å². The number of nitrogens with zero attached hydrogens (tertiary/aromatic N) is 7.